The van der Waals surface area contributed by atoms with Gasteiger partial charge in [0.05, 0.1) is 17.1 Å². The summed E-state index contributed by atoms with van der Waals surface area (Å²) in [6, 6.07) is 3.31. The van der Waals surface area contributed by atoms with Gasteiger partial charge in [-0.1, -0.05) is 11.6 Å². The first-order valence-electron chi connectivity index (χ1n) is 9.11. The highest BCUT2D eigenvalue weighted by Crippen LogP contribution is 2.36. The maximum absolute atomic E-state index is 12.9. The SMILES string of the molecule is COCCCNC(=S)N1CCN(CC(=O)Nc2ccc(Cl)c(C(F)(F)F)c2)CC1. The number of halogens is 4. The molecule has 1 amide bonds. The van der Waals surface area contributed by atoms with Crippen molar-refractivity contribution < 1.29 is 22.7 Å². The third-order valence-electron chi connectivity index (χ3n) is 4.38. The Morgan fingerprint density at radius 3 is 2.59 bits per heavy atom. The number of hydrogen-bond donors (Lipinski definition) is 2. The molecule has 1 aromatic carbocycles. The number of benzene rings is 1. The number of nitrogens with one attached hydrogen (secondary N) is 2. The Morgan fingerprint density at radius 2 is 1.97 bits per heavy atom. The first kappa shape index (κ1) is 23.7. The van der Waals surface area contributed by atoms with Crippen molar-refractivity contribution in [1.29, 1.82) is 0 Å². The Balaban J connectivity index is 1.78. The standard InChI is InChI=1S/C18H24ClF3N4O2S/c1-28-10-2-5-23-17(29)26-8-6-25(7-9-26)12-16(27)24-13-3-4-15(19)14(11-13)18(20,21)22/h3-4,11H,2,5-10,12H2,1H3,(H,23,29)(H,24,27). The van der Waals surface area contributed by atoms with Crippen LogP contribution in [0.15, 0.2) is 18.2 Å². The predicted octanol–water partition coefficient (Wildman–Crippen LogP) is 2.83. The van der Waals surface area contributed by atoms with E-state index in [1.54, 1.807) is 7.11 Å². The Bertz CT molecular complexity index is 713. The lowest BCUT2D eigenvalue weighted by atomic mass is 10.2. The van der Waals surface area contributed by atoms with Gasteiger partial charge in [0.15, 0.2) is 5.11 Å². The van der Waals surface area contributed by atoms with Gasteiger partial charge >= 0.3 is 6.18 Å². The van der Waals surface area contributed by atoms with E-state index in [-0.39, 0.29) is 18.1 Å². The molecular formula is C18H24ClF3N4O2S. The maximum atomic E-state index is 12.9. The van der Waals surface area contributed by atoms with E-state index in [0.29, 0.717) is 37.9 Å². The van der Waals surface area contributed by atoms with Gasteiger partial charge in [0, 0.05) is 52.1 Å². The average molecular weight is 453 g/mol. The van der Waals surface area contributed by atoms with E-state index in [9.17, 15) is 18.0 Å². The summed E-state index contributed by atoms with van der Waals surface area (Å²) in [7, 11) is 1.65. The van der Waals surface area contributed by atoms with Crippen molar-refractivity contribution >= 4 is 40.5 Å². The van der Waals surface area contributed by atoms with Crippen LogP contribution in [-0.2, 0) is 15.7 Å². The minimum atomic E-state index is -4.58. The Morgan fingerprint density at radius 1 is 1.28 bits per heavy atom. The summed E-state index contributed by atoms with van der Waals surface area (Å²) in [5, 5.41) is 5.94. The van der Waals surface area contributed by atoms with Crippen molar-refractivity contribution in [2.75, 3.05) is 58.3 Å². The lowest BCUT2D eigenvalue weighted by molar-refractivity contribution is -0.137. The molecule has 1 aliphatic heterocycles. The summed E-state index contributed by atoms with van der Waals surface area (Å²) in [6.45, 7) is 4.08. The number of ether oxygens (including phenoxy) is 1. The summed E-state index contributed by atoms with van der Waals surface area (Å²) in [4.78, 5) is 16.2. The van der Waals surface area contributed by atoms with Gasteiger partial charge in [-0.05, 0) is 36.8 Å². The number of nitrogens with zero attached hydrogens (tertiary/aromatic N) is 2. The molecule has 2 N–H and O–H groups in total. The van der Waals surface area contributed by atoms with Crippen molar-refractivity contribution in [2.24, 2.45) is 0 Å². The second kappa shape index (κ2) is 11.0. The molecule has 162 valence electrons. The number of carbonyl (C=O) groups is 1. The fraction of sp³-hybridized carbons (Fsp3) is 0.556. The number of piperazine rings is 1. The molecule has 0 bridgehead atoms. The number of alkyl halides is 3. The zero-order valence-electron chi connectivity index (χ0n) is 16.0. The van der Waals surface area contributed by atoms with Crippen LogP contribution in [-0.4, -0.2) is 73.8 Å². The Kier molecular flexibility index (Phi) is 8.94. The molecule has 29 heavy (non-hydrogen) atoms. The first-order valence-corrected chi connectivity index (χ1v) is 9.90. The van der Waals surface area contributed by atoms with E-state index < -0.39 is 16.8 Å². The molecule has 0 saturated carbocycles. The van der Waals surface area contributed by atoms with Crippen LogP contribution in [0.3, 0.4) is 0 Å². The smallest absolute Gasteiger partial charge is 0.385 e. The van der Waals surface area contributed by atoms with Crippen LogP contribution in [0.5, 0.6) is 0 Å². The molecule has 0 unspecified atom stereocenters. The summed E-state index contributed by atoms with van der Waals surface area (Å²) in [6.07, 6.45) is -3.72. The quantitative estimate of drug-likeness (QED) is 0.490. The van der Waals surface area contributed by atoms with Gasteiger partial charge in [0.25, 0.3) is 0 Å². The second-order valence-corrected chi connectivity index (χ2v) is 7.38. The van der Waals surface area contributed by atoms with Gasteiger partial charge in [0.1, 0.15) is 0 Å². The van der Waals surface area contributed by atoms with Gasteiger partial charge in [0.2, 0.25) is 5.91 Å². The highest BCUT2D eigenvalue weighted by Gasteiger charge is 2.33. The molecule has 0 aromatic heterocycles. The van der Waals surface area contributed by atoms with Gasteiger partial charge in [-0.25, -0.2) is 0 Å². The molecule has 1 heterocycles. The molecule has 6 nitrogen and oxygen atoms in total. The number of methoxy groups -OCH3 is 1. The fourth-order valence-corrected chi connectivity index (χ4v) is 3.37. The molecule has 1 fully saturated rings. The number of anilines is 1. The third-order valence-corrected chi connectivity index (χ3v) is 5.12. The largest absolute Gasteiger partial charge is 0.417 e. The summed E-state index contributed by atoms with van der Waals surface area (Å²) in [5.41, 5.74) is -0.913. The molecule has 0 radical (unpaired) electrons. The Labute approximate surface area is 178 Å². The molecule has 1 saturated heterocycles. The minimum Gasteiger partial charge on any atom is -0.385 e. The van der Waals surface area contributed by atoms with Crippen LogP contribution in [0.2, 0.25) is 5.02 Å². The zero-order chi connectivity index (χ0) is 21.4. The lowest BCUT2D eigenvalue weighted by Crippen LogP contribution is -2.53. The van der Waals surface area contributed by atoms with Gasteiger partial charge in [-0.15, -0.1) is 0 Å². The van der Waals surface area contributed by atoms with E-state index in [4.69, 9.17) is 28.6 Å². The molecule has 1 aliphatic rings. The molecule has 0 aliphatic carbocycles. The van der Waals surface area contributed by atoms with E-state index in [0.717, 1.165) is 25.1 Å². The molecule has 0 spiro atoms. The van der Waals surface area contributed by atoms with E-state index in [1.165, 1.54) is 6.07 Å². The van der Waals surface area contributed by atoms with Crippen molar-refractivity contribution in [2.45, 2.75) is 12.6 Å². The second-order valence-electron chi connectivity index (χ2n) is 6.58. The zero-order valence-corrected chi connectivity index (χ0v) is 17.6. The van der Waals surface area contributed by atoms with E-state index >= 15 is 0 Å². The number of rotatable bonds is 7. The predicted molar refractivity (Wildman–Crippen MR) is 110 cm³/mol. The summed E-state index contributed by atoms with van der Waals surface area (Å²) < 4.78 is 43.8. The normalized spacial score (nSPS) is 15.3. The van der Waals surface area contributed by atoms with Crippen LogP contribution in [0.1, 0.15) is 12.0 Å². The molecule has 11 heteroatoms. The molecule has 0 atom stereocenters. The van der Waals surface area contributed by atoms with Crippen molar-refractivity contribution in [3.63, 3.8) is 0 Å². The highest BCUT2D eigenvalue weighted by atomic mass is 35.5. The van der Waals surface area contributed by atoms with Gasteiger partial charge in [-0.2, -0.15) is 13.2 Å². The first-order chi connectivity index (χ1) is 13.7. The van der Waals surface area contributed by atoms with Crippen molar-refractivity contribution in [3.05, 3.63) is 28.8 Å². The Hall–Kier alpha value is -1.62. The van der Waals surface area contributed by atoms with Crippen molar-refractivity contribution in [1.82, 2.24) is 15.1 Å². The maximum Gasteiger partial charge on any atom is 0.417 e. The van der Waals surface area contributed by atoms with Crippen LogP contribution in [0.4, 0.5) is 18.9 Å². The van der Waals surface area contributed by atoms with Crippen LogP contribution in [0, 0.1) is 0 Å². The minimum absolute atomic E-state index is 0.0618. The van der Waals surface area contributed by atoms with Crippen LogP contribution in [0.25, 0.3) is 0 Å². The number of thiocarbonyl (C=S) groups is 1. The number of hydrogen-bond acceptors (Lipinski definition) is 4. The van der Waals surface area contributed by atoms with E-state index in [2.05, 4.69) is 10.6 Å². The van der Waals surface area contributed by atoms with Crippen molar-refractivity contribution in [3.8, 4) is 0 Å². The summed E-state index contributed by atoms with van der Waals surface area (Å²) >= 11 is 11.0. The van der Waals surface area contributed by atoms with Gasteiger partial charge < -0.3 is 20.3 Å². The molecular weight excluding hydrogens is 429 g/mol. The number of amides is 1. The van der Waals surface area contributed by atoms with Crippen LogP contribution < -0.4 is 10.6 Å². The van der Waals surface area contributed by atoms with Crippen LogP contribution >= 0.6 is 23.8 Å². The fourth-order valence-electron chi connectivity index (χ4n) is 2.86. The van der Waals surface area contributed by atoms with E-state index in [1.807, 2.05) is 9.80 Å². The molecule has 1 aromatic rings. The highest BCUT2D eigenvalue weighted by molar-refractivity contribution is 7.80. The average Bonchev–Trinajstić information content (AvgIpc) is 2.66. The topological polar surface area (TPSA) is 56.8 Å². The lowest BCUT2D eigenvalue weighted by Gasteiger charge is -2.35. The summed E-state index contributed by atoms with van der Waals surface area (Å²) in [5.74, 6) is -0.380. The monoisotopic (exact) mass is 452 g/mol. The third kappa shape index (κ3) is 7.61. The number of carbonyl (C=O) groups excluding carboxylic acids is 1. The molecule has 2 rings (SSSR count). The van der Waals surface area contributed by atoms with Gasteiger partial charge in [-0.3, -0.25) is 9.69 Å².